The number of esters is 1. The van der Waals surface area contributed by atoms with Crippen molar-refractivity contribution in [2.75, 3.05) is 59.5 Å². The van der Waals surface area contributed by atoms with E-state index in [0.717, 1.165) is 16.7 Å². The van der Waals surface area contributed by atoms with Crippen molar-refractivity contribution in [2.45, 2.75) is 38.4 Å². The molecule has 41 heavy (non-hydrogen) atoms. The van der Waals surface area contributed by atoms with E-state index in [1.807, 2.05) is 75.4 Å². The highest BCUT2D eigenvalue weighted by atomic mass is 16.6. The van der Waals surface area contributed by atoms with Crippen LogP contribution < -0.4 is 0 Å². The maximum absolute atomic E-state index is 11.6. The Morgan fingerprint density at radius 3 is 1.22 bits per heavy atom. The average molecular weight is 565 g/mol. The van der Waals surface area contributed by atoms with Crippen LogP contribution >= 0.6 is 0 Å². The first-order chi connectivity index (χ1) is 19.9. The van der Waals surface area contributed by atoms with Crippen LogP contribution in [0.25, 0.3) is 0 Å². The summed E-state index contributed by atoms with van der Waals surface area (Å²) in [6.45, 7) is 9.43. The van der Waals surface area contributed by atoms with Crippen LogP contribution in [0.15, 0.2) is 91.0 Å². The van der Waals surface area contributed by atoms with E-state index in [-0.39, 0.29) is 12.4 Å². The highest BCUT2D eigenvalue weighted by Gasteiger charge is 2.37. The molecule has 0 aliphatic carbocycles. The molecule has 7 heteroatoms. The van der Waals surface area contributed by atoms with Gasteiger partial charge in [-0.15, -0.1) is 0 Å². The van der Waals surface area contributed by atoms with Gasteiger partial charge in [-0.25, -0.2) is 0 Å². The minimum atomic E-state index is -0.750. The topological polar surface area (TPSA) is 72.5 Å². The molecule has 0 unspecified atom stereocenters. The molecule has 0 aliphatic rings. The number of carbonyl (C=O) groups is 1. The van der Waals surface area contributed by atoms with E-state index in [4.69, 9.17) is 28.4 Å². The smallest absolute Gasteiger partial charge is 0.308 e. The Morgan fingerprint density at radius 1 is 0.512 bits per heavy atom. The first kappa shape index (κ1) is 32.4. The van der Waals surface area contributed by atoms with Crippen molar-refractivity contribution in [2.24, 2.45) is 0 Å². The summed E-state index contributed by atoms with van der Waals surface area (Å²) in [6, 6.07) is 30.9. The van der Waals surface area contributed by atoms with Gasteiger partial charge >= 0.3 is 5.97 Å². The lowest BCUT2D eigenvalue weighted by molar-refractivity contribution is -0.156. The molecule has 0 amide bonds. The monoisotopic (exact) mass is 564 g/mol. The fourth-order valence-corrected chi connectivity index (χ4v) is 4.33. The van der Waals surface area contributed by atoms with E-state index in [0.29, 0.717) is 59.5 Å². The third kappa shape index (κ3) is 11.4. The first-order valence-corrected chi connectivity index (χ1v) is 14.3. The summed E-state index contributed by atoms with van der Waals surface area (Å²) in [5.41, 5.74) is 1.97. The van der Waals surface area contributed by atoms with Crippen molar-refractivity contribution in [1.82, 2.24) is 0 Å². The lowest BCUT2D eigenvalue weighted by atomic mass is 9.80. The molecule has 0 N–H and O–H groups in total. The van der Waals surface area contributed by atoms with Gasteiger partial charge in [-0.3, -0.25) is 4.79 Å². The van der Waals surface area contributed by atoms with Crippen LogP contribution in [0.3, 0.4) is 0 Å². The van der Waals surface area contributed by atoms with Crippen molar-refractivity contribution in [3.63, 3.8) is 0 Å². The second-order valence-corrected chi connectivity index (χ2v) is 10.4. The van der Waals surface area contributed by atoms with Gasteiger partial charge in [-0.05, 0) is 37.5 Å². The Balaban J connectivity index is 1.33. The Labute approximate surface area is 244 Å². The minimum absolute atomic E-state index is 0.233. The Bertz CT molecular complexity index is 1000. The van der Waals surface area contributed by atoms with E-state index in [9.17, 15) is 4.79 Å². The Kier molecular flexibility index (Phi) is 14.0. The summed E-state index contributed by atoms with van der Waals surface area (Å²) in [4.78, 5) is 11.6. The molecule has 0 heterocycles. The minimum Gasteiger partial charge on any atom is -0.460 e. The van der Waals surface area contributed by atoms with Gasteiger partial charge < -0.3 is 28.4 Å². The summed E-state index contributed by atoms with van der Waals surface area (Å²) < 4.78 is 34.3. The summed E-state index contributed by atoms with van der Waals surface area (Å²) in [5.74, 6) is -0.261. The molecule has 3 rings (SSSR count). The van der Waals surface area contributed by atoms with Gasteiger partial charge in [0, 0.05) is 0 Å². The van der Waals surface area contributed by atoms with Crippen LogP contribution in [0.2, 0.25) is 0 Å². The number of rotatable bonds is 19. The summed E-state index contributed by atoms with van der Waals surface area (Å²) >= 11 is 0. The van der Waals surface area contributed by atoms with E-state index < -0.39 is 11.2 Å². The zero-order chi connectivity index (χ0) is 29.2. The molecule has 0 fully saturated rings. The quantitative estimate of drug-likeness (QED) is 0.104. The molecule has 0 spiro atoms. The second kappa shape index (κ2) is 17.7. The summed E-state index contributed by atoms with van der Waals surface area (Å²) in [6.07, 6.45) is 0.233. The number of carbonyl (C=O) groups excluding carboxylic acids is 1. The van der Waals surface area contributed by atoms with Gasteiger partial charge in [0.2, 0.25) is 0 Å². The van der Waals surface area contributed by atoms with Crippen molar-refractivity contribution >= 4 is 5.97 Å². The number of hydrogen-bond acceptors (Lipinski definition) is 7. The van der Waals surface area contributed by atoms with Crippen LogP contribution in [-0.2, 0) is 38.8 Å². The highest BCUT2D eigenvalue weighted by Crippen LogP contribution is 2.40. The maximum Gasteiger partial charge on any atom is 0.308 e. The molecule has 0 bridgehead atoms. The van der Waals surface area contributed by atoms with Crippen LogP contribution in [-0.4, -0.2) is 71.0 Å². The van der Waals surface area contributed by atoms with Crippen LogP contribution in [0.5, 0.6) is 0 Å². The van der Waals surface area contributed by atoms with Crippen molar-refractivity contribution < 1.29 is 33.2 Å². The molecule has 0 saturated heterocycles. The SMILES string of the molecule is CC(C)(C)OC(=O)CCOCCOCCOCCOCCOC(c1ccccc1)(c1ccccc1)c1ccccc1. The number of hydrogen-bond donors (Lipinski definition) is 0. The van der Waals surface area contributed by atoms with E-state index in [1.165, 1.54) is 0 Å². The molecular formula is C34H44O7. The van der Waals surface area contributed by atoms with Crippen LogP contribution in [0, 0.1) is 0 Å². The summed E-state index contributed by atoms with van der Waals surface area (Å²) in [5, 5.41) is 0. The van der Waals surface area contributed by atoms with E-state index in [2.05, 4.69) is 36.4 Å². The van der Waals surface area contributed by atoms with Gasteiger partial charge in [0.25, 0.3) is 0 Å². The van der Waals surface area contributed by atoms with E-state index >= 15 is 0 Å². The fourth-order valence-electron chi connectivity index (χ4n) is 4.33. The molecule has 3 aromatic rings. The van der Waals surface area contributed by atoms with Crippen molar-refractivity contribution in [3.8, 4) is 0 Å². The fraction of sp³-hybridized carbons (Fsp3) is 0.441. The lowest BCUT2D eigenvalue weighted by Gasteiger charge is -2.36. The number of benzene rings is 3. The molecule has 0 radical (unpaired) electrons. The number of ether oxygens (including phenoxy) is 6. The molecule has 0 saturated carbocycles. The normalized spacial score (nSPS) is 11.9. The summed E-state index contributed by atoms with van der Waals surface area (Å²) in [7, 11) is 0. The maximum atomic E-state index is 11.6. The zero-order valence-electron chi connectivity index (χ0n) is 24.6. The largest absolute Gasteiger partial charge is 0.460 e. The molecule has 222 valence electrons. The Morgan fingerprint density at radius 2 is 0.854 bits per heavy atom. The second-order valence-electron chi connectivity index (χ2n) is 10.4. The van der Waals surface area contributed by atoms with Gasteiger partial charge in [0.15, 0.2) is 0 Å². The van der Waals surface area contributed by atoms with Gasteiger partial charge in [-0.2, -0.15) is 0 Å². The van der Waals surface area contributed by atoms with Gasteiger partial charge in [-0.1, -0.05) is 91.0 Å². The third-order valence-electron chi connectivity index (χ3n) is 6.07. The van der Waals surface area contributed by atoms with Crippen molar-refractivity contribution in [1.29, 1.82) is 0 Å². The van der Waals surface area contributed by atoms with Crippen LogP contribution in [0.1, 0.15) is 43.9 Å². The molecular weight excluding hydrogens is 520 g/mol. The molecule has 7 nitrogen and oxygen atoms in total. The van der Waals surface area contributed by atoms with Gasteiger partial charge in [0.1, 0.15) is 11.2 Å². The molecule has 0 aliphatic heterocycles. The lowest BCUT2D eigenvalue weighted by Crippen LogP contribution is -2.34. The molecule has 3 aromatic carbocycles. The third-order valence-corrected chi connectivity index (χ3v) is 6.07. The van der Waals surface area contributed by atoms with Crippen LogP contribution in [0.4, 0.5) is 0 Å². The molecule has 0 atom stereocenters. The predicted molar refractivity (Wildman–Crippen MR) is 159 cm³/mol. The standard InChI is InChI=1S/C34H44O7/c1-33(2,3)41-32(35)19-20-36-21-22-37-23-24-38-25-26-39-27-28-40-34(29-13-7-4-8-14-29,30-15-9-5-10-16-30)31-17-11-6-12-18-31/h4-18H,19-28H2,1-3H3. The van der Waals surface area contributed by atoms with Gasteiger partial charge in [0.05, 0.1) is 65.9 Å². The van der Waals surface area contributed by atoms with Crippen molar-refractivity contribution in [3.05, 3.63) is 108 Å². The zero-order valence-corrected chi connectivity index (χ0v) is 24.6. The molecule has 0 aromatic heterocycles. The van der Waals surface area contributed by atoms with E-state index in [1.54, 1.807) is 0 Å². The predicted octanol–water partition coefficient (Wildman–Crippen LogP) is 5.79. The average Bonchev–Trinajstić information content (AvgIpc) is 2.97. The highest BCUT2D eigenvalue weighted by molar-refractivity contribution is 5.69. The first-order valence-electron chi connectivity index (χ1n) is 14.3. The Hall–Kier alpha value is -3.07.